The highest BCUT2D eigenvalue weighted by molar-refractivity contribution is 5.94. The van der Waals surface area contributed by atoms with Crippen LogP contribution in [0.1, 0.15) is 37.1 Å². The standard InChI is InChI=1S/C17H17F3N4O/c1-10(22-16-21-9-8-14(24-16)17(18,19)20)11-4-6-13(7-5-11)23-15(25)12-2-3-12/h4-10,12H,2-3H2,1H3,(H,23,25)(H,21,22,24)/t10-/m0/s1. The van der Waals surface area contributed by atoms with E-state index in [0.29, 0.717) is 5.69 Å². The predicted molar refractivity (Wildman–Crippen MR) is 86.9 cm³/mol. The van der Waals surface area contributed by atoms with Crippen LogP contribution in [0, 0.1) is 5.92 Å². The van der Waals surface area contributed by atoms with Crippen LogP contribution in [0.25, 0.3) is 0 Å². The third kappa shape index (κ3) is 4.46. The SMILES string of the molecule is C[C@H](Nc1nccc(C(F)(F)F)n1)c1ccc(NC(=O)C2CC2)cc1. The normalized spacial score (nSPS) is 15.5. The molecule has 0 unspecified atom stereocenters. The van der Waals surface area contributed by atoms with Gasteiger partial charge in [-0.15, -0.1) is 0 Å². The summed E-state index contributed by atoms with van der Waals surface area (Å²) in [6.07, 6.45) is -1.57. The average Bonchev–Trinajstić information content (AvgIpc) is 3.40. The van der Waals surface area contributed by atoms with E-state index in [0.717, 1.165) is 30.7 Å². The molecular weight excluding hydrogens is 333 g/mol. The fourth-order valence-corrected chi connectivity index (χ4v) is 2.31. The van der Waals surface area contributed by atoms with Crippen LogP contribution < -0.4 is 10.6 Å². The molecular formula is C17H17F3N4O. The van der Waals surface area contributed by atoms with Gasteiger partial charge in [-0.1, -0.05) is 12.1 Å². The second kappa shape index (κ2) is 6.70. The number of amides is 1. The van der Waals surface area contributed by atoms with Crippen LogP contribution in [0.3, 0.4) is 0 Å². The van der Waals surface area contributed by atoms with E-state index in [-0.39, 0.29) is 23.8 Å². The van der Waals surface area contributed by atoms with Gasteiger partial charge >= 0.3 is 6.18 Å². The number of carbonyl (C=O) groups excluding carboxylic acids is 1. The summed E-state index contributed by atoms with van der Waals surface area (Å²) >= 11 is 0. The van der Waals surface area contributed by atoms with Crippen molar-refractivity contribution in [2.45, 2.75) is 32.0 Å². The molecule has 0 saturated heterocycles. The largest absolute Gasteiger partial charge is 0.433 e. The van der Waals surface area contributed by atoms with E-state index in [1.807, 2.05) is 0 Å². The second-order valence-electron chi connectivity index (χ2n) is 6.01. The Morgan fingerprint density at radius 2 is 1.88 bits per heavy atom. The smallest absolute Gasteiger partial charge is 0.348 e. The van der Waals surface area contributed by atoms with Gasteiger partial charge in [-0.2, -0.15) is 13.2 Å². The lowest BCUT2D eigenvalue weighted by atomic mass is 10.1. The molecule has 1 aromatic carbocycles. The van der Waals surface area contributed by atoms with Gasteiger partial charge in [0.1, 0.15) is 5.69 Å². The van der Waals surface area contributed by atoms with Crippen molar-refractivity contribution >= 4 is 17.5 Å². The van der Waals surface area contributed by atoms with Crippen molar-refractivity contribution < 1.29 is 18.0 Å². The van der Waals surface area contributed by atoms with E-state index in [4.69, 9.17) is 0 Å². The number of anilines is 2. The summed E-state index contributed by atoms with van der Waals surface area (Å²) in [5.74, 6) is 0.0584. The molecule has 2 N–H and O–H groups in total. The molecule has 0 bridgehead atoms. The maximum Gasteiger partial charge on any atom is 0.433 e. The Balaban J connectivity index is 1.64. The topological polar surface area (TPSA) is 66.9 Å². The number of nitrogens with one attached hydrogen (secondary N) is 2. The molecule has 8 heteroatoms. The summed E-state index contributed by atoms with van der Waals surface area (Å²) in [5.41, 5.74) is 0.545. The summed E-state index contributed by atoms with van der Waals surface area (Å²) in [6.45, 7) is 1.79. The first-order valence-corrected chi connectivity index (χ1v) is 7.90. The quantitative estimate of drug-likeness (QED) is 0.855. The van der Waals surface area contributed by atoms with Crippen LogP contribution in [0.5, 0.6) is 0 Å². The second-order valence-corrected chi connectivity index (χ2v) is 6.01. The number of halogens is 3. The number of benzene rings is 1. The van der Waals surface area contributed by atoms with Crippen LogP contribution in [0.4, 0.5) is 24.8 Å². The van der Waals surface area contributed by atoms with Crippen molar-refractivity contribution in [1.82, 2.24) is 9.97 Å². The molecule has 1 fully saturated rings. The van der Waals surface area contributed by atoms with Crippen LogP contribution in [0.2, 0.25) is 0 Å². The number of hydrogen-bond acceptors (Lipinski definition) is 4. The summed E-state index contributed by atoms with van der Waals surface area (Å²) in [5, 5.41) is 5.68. The number of aromatic nitrogens is 2. The predicted octanol–water partition coefficient (Wildman–Crippen LogP) is 4.02. The van der Waals surface area contributed by atoms with Gasteiger partial charge in [-0.25, -0.2) is 9.97 Å². The monoisotopic (exact) mass is 350 g/mol. The Hall–Kier alpha value is -2.64. The van der Waals surface area contributed by atoms with Gasteiger partial charge in [0.25, 0.3) is 0 Å². The number of rotatable bonds is 5. The molecule has 1 aliphatic rings. The van der Waals surface area contributed by atoms with E-state index in [1.54, 1.807) is 31.2 Å². The number of alkyl halides is 3. The summed E-state index contributed by atoms with van der Waals surface area (Å²) in [7, 11) is 0. The maximum absolute atomic E-state index is 12.7. The van der Waals surface area contributed by atoms with Crippen molar-refractivity contribution in [3.05, 3.63) is 47.8 Å². The molecule has 1 saturated carbocycles. The van der Waals surface area contributed by atoms with Gasteiger partial charge in [-0.05, 0) is 43.5 Å². The first kappa shape index (κ1) is 17.2. The van der Waals surface area contributed by atoms with Gasteiger partial charge in [0.2, 0.25) is 11.9 Å². The molecule has 1 amide bonds. The molecule has 0 radical (unpaired) electrons. The molecule has 2 aromatic rings. The van der Waals surface area contributed by atoms with Crippen molar-refractivity contribution in [2.24, 2.45) is 5.92 Å². The first-order chi connectivity index (χ1) is 11.8. The number of nitrogens with zero attached hydrogens (tertiary/aromatic N) is 2. The van der Waals surface area contributed by atoms with E-state index >= 15 is 0 Å². The van der Waals surface area contributed by atoms with Crippen LogP contribution in [-0.4, -0.2) is 15.9 Å². The van der Waals surface area contributed by atoms with E-state index in [2.05, 4.69) is 20.6 Å². The van der Waals surface area contributed by atoms with E-state index in [9.17, 15) is 18.0 Å². The molecule has 0 spiro atoms. The zero-order chi connectivity index (χ0) is 18.0. The number of hydrogen-bond donors (Lipinski definition) is 2. The average molecular weight is 350 g/mol. The Bertz CT molecular complexity index is 757. The lowest BCUT2D eigenvalue weighted by Gasteiger charge is -2.16. The third-order valence-electron chi connectivity index (χ3n) is 3.92. The summed E-state index contributed by atoms with van der Waals surface area (Å²) < 4.78 is 38.1. The Morgan fingerprint density at radius 1 is 1.20 bits per heavy atom. The van der Waals surface area contributed by atoms with Gasteiger partial charge in [0.05, 0.1) is 6.04 Å². The minimum Gasteiger partial charge on any atom is -0.348 e. The molecule has 132 valence electrons. The highest BCUT2D eigenvalue weighted by Crippen LogP contribution is 2.30. The summed E-state index contributed by atoms with van der Waals surface area (Å²) in [4.78, 5) is 19.0. The Kier molecular flexibility index (Phi) is 4.61. The van der Waals surface area contributed by atoms with Gasteiger partial charge in [0, 0.05) is 17.8 Å². The maximum atomic E-state index is 12.7. The van der Waals surface area contributed by atoms with Crippen molar-refractivity contribution in [2.75, 3.05) is 10.6 Å². The van der Waals surface area contributed by atoms with E-state index in [1.165, 1.54) is 0 Å². The number of carbonyl (C=O) groups is 1. The molecule has 25 heavy (non-hydrogen) atoms. The first-order valence-electron chi connectivity index (χ1n) is 7.90. The lowest BCUT2D eigenvalue weighted by molar-refractivity contribution is -0.141. The van der Waals surface area contributed by atoms with Crippen molar-refractivity contribution in [3.8, 4) is 0 Å². The fourth-order valence-electron chi connectivity index (χ4n) is 2.31. The van der Waals surface area contributed by atoms with Gasteiger partial charge in [-0.3, -0.25) is 4.79 Å². The van der Waals surface area contributed by atoms with Gasteiger partial charge in [0.15, 0.2) is 0 Å². The summed E-state index contributed by atoms with van der Waals surface area (Å²) in [6, 6.07) is 7.66. The molecule has 1 atom stereocenters. The molecule has 1 heterocycles. The highest BCUT2D eigenvalue weighted by atomic mass is 19.4. The van der Waals surface area contributed by atoms with Gasteiger partial charge < -0.3 is 10.6 Å². The van der Waals surface area contributed by atoms with Crippen molar-refractivity contribution in [1.29, 1.82) is 0 Å². The van der Waals surface area contributed by atoms with Crippen LogP contribution in [-0.2, 0) is 11.0 Å². The Labute approximate surface area is 142 Å². The zero-order valence-electron chi connectivity index (χ0n) is 13.5. The Morgan fingerprint density at radius 3 is 2.48 bits per heavy atom. The van der Waals surface area contributed by atoms with Crippen LogP contribution in [0.15, 0.2) is 36.5 Å². The molecule has 0 aliphatic heterocycles. The molecule has 1 aliphatic carbocycles. The molecule has 3 rings (SSSR count). The lowest BCUT2D eigenvalue weighted by Crippen LogP contribution is -2.14. The third-order valence-corrected chi connectivity index (χ3v) is 3.92. The zero-order valence-corrected chi connectivity index (χ0v) is 13.5. The van der Waals surface area contributed by atoms with E-state index < -0.39 is 11.9 Å². The molecule has 5 nitrogen and oxygen atoms in total. The van der Waals surface area contributed by atoms with Crippen molar-refractivity contribution in [3.63, 3.8) is 0 Å². The fraction of sp³-hybridized carbons (Fsp3) is 0.353. The minimum atomic E-state index is -4.51. The minimum absolute atomic E-state index is 0.0243. The molecule has 1 aromatic heterocycles. The van der Waals surface area contributed by atoms with Crippen LogP contribution >= 0.6 is 0 Å². The highest BCUT2D eigenvalue weighted by Gasteiger charge is 2.33.